The van der Waals surface area contributed by atoms with E-state index in [4.69, 9.17) is 4.74 Å². The fourth-order valence-corrected chi connectivity index (χ4v) is 1.63. The lowest BCUT2D eigenvalue weighted by molar-refractivity contribution is 0.373. The quantitative estimate of drug-likeness (QED) is 0.393. The van der Waals surface area contributed by atoms with Crippen molar-refractivity contribution in [3.05, 3.63) is 53.1 Å². The monoisotopic (exact) mass is 314 g/mol. The highest BCUT2D eigenvalue weighted by Crippen LogP contribution is 2.26. The second-order valence-electron chi connectivity index (χ2n) is 4.14. The Morgan fingerprint density at radius 1 is 1.09 bits per heavy atom. The lowest BCUT2D eigenvalue weighted by atomic mass is 10.2. The van der Waals surface area contributed by atoms with Crippen LogP contribution in [0.1, 0.15) is 5.56 Å². The van der Waals surface area contributed by atoms with Gasteiger partial charge in [-0.2, -0.15) is 5.10 Å². The van der Waals surface area contributed by atoms with E-state index in [1.165, 1.54) is 25.3 Å². The Labute approximate surface area is 122 Å². The van der Waals surface area contributed by atoms with Crippen LogP contribution in [-0.4, -0.2) is 18.4 Å². The standard InChI is InChI=1S/C14H10F4N2O2/c1-22-11-3-2-7(4-10(11)21)6-19-20-14-12(17)8(15)5-9(16)13(14)18/h2-6,20-21H,1H3. The highest BCUT2D eigenvalue weighted by molar-refractivity contribution is 5.81. The van der Waals surface area contributed by atoms with E-state index >= 15 is 0 Å². The number of nitrogens with zero attached hydrogens (tertiary/aromatic N) is 1. The molecular formula is C14H10F4N2O2. The van der Waals surface area contributed by atoms with Crippen LogP contribution in [0.3, 0.4) is 0 Å². The number of halogens is 4. The number of ether oxygens (including phenoxy) is 1. The molecule has 0 fully saturated rings. The third kappa shape index (κ3) is 3.11. The normalized spacial score (nSPS) is 11.0. The maximum absolute atomic E-state index is 13.4. The number of nitrogens with one attached hydrogen (secondary N) is 1. The number of anilines is 1. The molecule has 0 bridgehead atoms. The molecule has 0 amide bonds. The number of methoxy groups -OCH3 is 1. The highest BCUT2D eigenvalue weighted by Gasteiger charge is 2.18. The van der Waals surface area contributed by atoms with Gasteiger partial charge >= 0.3 is 0 Å². The molecule has 2 aromatic rings. The average Bonchev–Trinajstić information content (AvgIpc) is 2.49. The lowest BCUT2D eigenvalue weighted by Crippen LogP contribution is -2.02. The van der Waals surface area contributed by atoms with Gasteiger partial charge in [-0.3, -0.25) is 5.43 Å². The van der Waals surface area contributed by atoms with Crippen LogP contribution in [0.4, 0.5) is 23.2 Å². The number of rotatable bonds is 4. The Morgan fingerprint density at radius 2 is 1.73 bits per heavy atom. The van der Waals surface area contributed by atoms with Gasteiger partial charge in [0, 0.05) is 6.07 Å². The van der Waals surface area contributed by atoms with Crippen LogP contribution in [-0.2, 0) is 0 Å². The number of hydrogen-bond acceptors (Lipinski definition) is 4. The number of aromatic hydroxyl groups is 1. The van der Waals surface area contributed by atoms with Crippen molar-refractivity contribution in [3.63, 3.8) is 0 Å². The van der Waals surface area contributed by atoms with Crippen molar-refractivity contribution in [1.29, 1.82) is 0 Å². The van der Waals surface area contributed by atoms with Crippen LogP contribution in [0.5, 0.6) is 11.5 Å². The van der Waals surface area contributed by atoms with E-state index in [1.807, 2.05) is 5.43 Å². The van der Waals surface area contributed by atoms with Crippen molar-refractivity contribution in [3.8, 4) is 11.5 Å². The third-order valence-electron chi connectivity index (χ3n) is 2.70. The Morgan fingerprint density at radius 3 is 2.27 bits per heavy atom. The van der Waals surface area contributed by atoms with E-state index in [1.54, 1.807) is 0 Å². The van der Waals surface area contributed by atoms with Gasteiger partial charge in [-0.05, 0) is 23.8 Å². The zero-order chi connectivity index (χ0) is 16.3. The van der Waals surface area contributed by atoms with Crippen LogP contribution in [0.25, 0.3) is 0 Å². The van der Waals surface area contributed by atoms with Gasteiger partial charge in [0.25, 0.3) is 0 Å². The Hall–Kier alpha value is -2.77. The molecule has 2 N–H and O–H groups in total. The van der Waals surface area contributed by atoms with Gasteiger partial charge in [-0.25, -0.2) is 17.6 Å². The van der Waals surface area contributed by atoms with Crippen molar-refractivity contribution in [2.24, 2.45) is 5.10 Å². The Kier molecular flexibility index (Phi) is 4.50. The van der Waals surface area contributed by atoms with Gasteiger partial charge in [0.2, 0.25) is 0 Å². The summed E-state index contributed by atoms with van der Waals surface area (Å²) in [6.45, 7) is 0. The fourth-order valence-electron chi connectivity index (χ4n) is 1.63. The van der Waals surface area contributed by atoms with Gasteiger partial charge in [-0.1, -0.05) is 0 Å². The van der Waals surface area contributed by atoms with Crippen molar-refractivity contribution >= 4 is 11.9 Å². The molecular weight excluding hydrogens is 304 g/mol. The zero-order valence-corrected chi connectivity index (χ0v) is 11.2. The number of phenolic OH excluding ortho intramolecular Hbond substituents is 1. The summed E-state index contributed by atoms with van der Waals surface area (Å²) >= 11 is 0. The Balaban J connectivity index is 2.21. The minimum atomic E-state index is -1.59. The van der Waals surface area contributed by atoms with Crippen LogP contribution in [0.15, 0.2) is 29.4 Å². The summed E-state index contributed by atoms with van der Waals surface area (Å²) in [7, 11) is 1.37. The SMILES string of the molecule is COc1ccc(C=NNc2c(F)c(F)cc(F)c2F)cc1O. The third-order valence-corrected chi connectivity index (χ3v) is 2.70. The first-order valence-corrected chi connectivity index (χ1v) is 5.93. The molecule has 2 rings (SSSR count). The molecule has 4 nitrogen and oxygen atoms in total. The van der Waals surface area contributed by atoms with Crippen LogP contribution < -0.4 is 10.2 Å². The molecule has 116 valence electrons. The molecule has 0 aliphatic rings. The van der Waals surface area contributed by atoms with Crippen molar-refractivity contribution in [2.45, 2.75) is 0 Å². The van der Waals surface area contributed by atoms with E-state index in [9.17, 15) is 22.7 Å². The first-order valence-electron chi connectivity index (χ1n) is 5.93. The molecule has 0 spiro atoms. The van der Waals surface area contributed by atoms with Gasteiger partial charge in [-0.15, -0.1) is 0 Å². The van der Waals surface area contributed by atoms with Gasteiger partial charge in [0.1, 0.15) is 5.69 Å². The zero-order valence-electron chi connectivity index (χ0n) is 11.2. The summed E-state index contributed by atoms with van der Waals surface area (Å²) in [6, 6.07) is 4.33. The molecule has 2 aromatic carbocycles. The molecule has 0 radical (unpaired) electrons. The van der Waals surface area contributed by atoms with Gasteiger partial charge in [0.05, 0.1) is 13.3 Å². The van der Waals surface area contributed by atoms with Crippen LogP contribution >= 0.6 is 0 Å². The number of benzene rings is 2. The minimum Gasteiger partial charge on any atom is -0.504 e. The fraction of sp³-hybridized carbons (Fsp3) is 0.0714. The summed E-state index contributed by atoms with van der Waals surface area (Å²) in [5.41, 5.74) is 1.20. The molecule has 0 aliphatic heterocycles. The van der Waals surface area contributed by atoms with Crippen molar-refractivity contribution < 1.29 is 27.4 Å². The number of hydrazone groups is 1. The summed E-state index contributed by atoms with van der Waals surface area (Å²) in [6.07, 6.45) is 1.10. The molecule has 0 saturated carbocycles. The van der Waals surface area contributed by atoms with Gasteiger partial charge in [0.15, 0.2) is 34.8 Å². The smallest absolute Gasteiger partial charge is 0.186 e. The number of hydrogen-bond donors (Lipinski definition) is 2. The molecule has 22 heavy (non-hydrogen) atoms. The second kappa shape index (κ2) is 6.33. The molecule has 0 saturated heterocycles. The average molecular weight is 314 g/mol. The van der Waals surface area contributed by atoms with Crippen molar-refractivity contribution in [2.75, 3.05) is 12.5 Å². The molecule has 0 heterocycles. The van der Waals surface area contributed by atoms with E-state index in [-0.39, 0.29) is 17.6 Å². The van der Waals surface area contributed by atoms with Crippen LogP contribution in [0, 0.1) is 23.3 Å². The molecule has 0 aliphatic carbocycles. The maximum Gasteiger partial charge on any atom is 0.186 e. The van der Waals surface area contributed by atoms with E-state index in [0.29, 0.717) is 5.56 Å². The lowest BCUT2D eigenvalue weighted by Gasteiger charge is -2.06. The van der Waals surface area contributed by atoms with E-state index in [0.717, 1.165) is 6.21 Å². The minimum absolute atomic E-state index is 0.0983. The summed E-state index contributed by atoms with van der Waals surface area (Å²) < 4.78 is 57.5. The Bertz CT molecular complexity index is 709. The second-order valence-corrected chi connectivity index (χ2v) is 4.14. The van der Waals surface area contributed by atoms with E-state index in [2.05, 4.69) is 5.10 Å². The first-order chi connectivity index (χ1) is 10.4. The van der Waals surface area contributed by atoms with Gasteiger partial charge < -0.3 is 9.84 Å². The van der Waals surface area contributed by atoms with Crippen molar-refractivity contribution in [1.82, 2.24) is 0 Å². The molecule has 8 heteroatoms. The summed E-state index contributed by atoms with van der Waals surface area (Å²) in [4.78, 5) is 0. The first kappa shape index (κ1) is 15.6. The summed E-state index contributed by atoms with van der Waals surface area (Å²) in [5, 5.41) is 13.0. The molecule has 0 unspecified atom stereocenters. The van der Waals surface area contributed by atoms with Crippen LogP contribution in [0.2, 0.25) is 0 Å². The maximum atomic E-state index is 13.4. The number of phenols is 1. The molecule has 0 aromatic heterocycles. The van der Waals surface area contributed by atoms with E-state index < -0.39 is 29.0 Å². The predicted octanol–water partition coefficient (Wildman–Crippen LogP) is 3.40. The largest absolute Gasteiger partial charge is 0.504 e. The topological polar surface area (TPSA) is 53.8 Å². The summed E-state index contributed by atoms with van der Waals surface area (Å²) in [5.74, 6) is -6.20. The predicted molar refractivity (Wildman–Crippen MR) is 72.1 cm³/mol. The highest BCUT2D eigenvalue weighted by atomic mass is 19.2. The molecule has 0 atom stereocenters.